The predicted octanol–water partition coefficient (Wildman–Crippen LogP) is 3.86. The van der Waals surface area contributed by atoms with Gasteiger partial charge in [0.15, 0.2) is 6.10 Å². The zero-order valence-corrected chi connectivity index (χ0v) is 14.5. The highest BCUT2D eigenvalue weighted by Gasteiger charge is 2.29. The summed E-state index contributed by atoms with van der Waals surface area (Å²) in [4.78, 5) is 4.52. The van der Waals surface area contributed by atoms with Gasteiger partial charge in [-0.2, -0.15) is 0 Å². The van der Waals surface area contributed by atoms with Gasteiger partial charge in [0.25, 0.3) is 0 Å². The van der Waals surface area contributed by atoms with Gasteiger partial charge < -0.3 is 14.8 Å². The van der Waals surface area contributed by atoms with Crippen LogP contribution in [-0.2, 0) is 4.74 Å². The van der Waals surface area contributed by atoms with Crippen molar-refractivity contribution in [2.45, 2.75) is 12.2 Å². The van der Waals surface area contributed by atoms with Crippen LogP contribution in [0.2, 0.25) is 0 Å². The lowest BCUT2D eigenvalue weighted by Crippen LogP contribution is -2.43. The van der Waals surface area contributed by atoms with Crippen LogP contribution >= 0.6 is 0 Å². The average molecular weight is 346 g/mol. The molecule has 0 radical (unpaired) electrons. The number of pyridine rings is 1. The Labute approximate surface area is 153 Å². The van der Waals surface area contributed by atoms with E-state index in [9.17, 15) is 0 Å². The van der Waals surface area contributed by atoms with E-state index in [1.165, 1.54) is 0 Å². The summed E-state index contributed by atoms with van der Waals surface area (Å²) < 4.78 is 12.5. The molecule has 2 aromatic carbocycles. The number of hydrogen-bond acceptors (Lipinski definition) is 4. The molecule has 0 saturated carbocycles. The van der Waals surface area contributed by atoms with Crippen molar-refractivity contribution in [3.63, 3.8) is 0 Å². The Morgan fingerprint density at radius 1 is 0.962 bits per heavy atom. The van der Waals surface area contributed by atoms with E-state index in [0.29, 0.717) is 6.61 Å². The van der Waals surface area contributed by atoms with Crippen LogP contribution in [0, 0.1) is 0 Å². The maximum atomic E-state index is 6.50. The van der Waals surface area contributed by atoms with E-state index in [2.05, 4.69) is 28.5 Å². The van der Waals surface area contributed by atoms with Gasteiger partial charge in [0.1, 0.15) is 11.9 Å². The molecule has 132 valence electrons. The summed E-state index contributed by atoms with van der Waals surface area (Å²) in [5, 5.41) is 3.38. The summed E-state index contributed by atoms with van der Waals surface area (Å²) in [7, 11) is 0. The lowest BCUT2D eigenvalue weighted by Gasteiger charge is -2.31. The molecule has 0 unspecified atom stereocenters. The molecule has 1 aromatic heterocycles. The van der Waals surface area contributed by atoms with Crippen LogP contribution in [0.25, 0.3) is 11.1 Å². The van der Waals surface area contributed by atoms with E-state index < -0.39 is 0 Å². The number of rotatable bonds is 5. The van der Waals surface area contributed by atoms with E-state index in [1.807, 2.05) is 54.6 Å². The van der Waals surface area contributed by atoms with Crippen molar-refractivity contribution in [2.24, 2.45) is 0 Å². The highest BCUT2D eigenvalue weighted by molar-refractivity contribution is 5.70. The Hall–Kier alpha value is -2.69. The van der Waals surface area contributed by atoms with Crippen LogP contribution in [0.1, 0.15) is 11.8 Å². The molecule has 1 saturated heterocycles. The smallest absolute Gasteiger partial charge is 0.168 e. The van der Waals surface area contributed by atoms with Gasteiger partial charge >= 0.3 is 0 Å². The van der Waals surface area contributed by atoms with Crippen LogP contribution in [0.3, 0.4) is 0 Å². The van der Waals surface area contributed by atoms with E-state index >= 15 is 0 Å². The number of para-hydroxylation sites is 1. The Bertz CT molecular complexity index is 818. The third-order valence-corrected chi connectivity index (χ3v) is 4.50. The molecule has 4 rings (SSSR count). The number of benzene rings is 2. The van der Waals surface area contributed by atoms with E-state index in [0.717, 1.165) is 35.7 Å². The summed E-state index contributed by atoms with van der Waals surface area (Å²) in [5.74, 6) is 0.837. The highest BCUT2D eigenvalue weighted by atomic mass is 16.5. The molecule has 3 aromatic rings. The fraction of sp³-hybridized carbons (Fsp3) is 0.227. The van der Waals surface area contributed by atoms with Crippen LogP contribution in [-0.4, -0.2) is 30.8 Å². The lowest BCUT2D eigenvalue weighted by molar-refractivity contribution is -0.0445. The standard InChI is InChI=1S/C22H22N2O2/c1-2-8-17(9-3-1)18-10-4-5-12-20(18)26-22(19-11-6-7-13-24-19)21-16-23-14-15-25-21/h1-13,21-23H,14-16H2/t21-,22-/m0/s1. The molecule has 0 bridgehead atoms. The molecule has 2 atom stereocenters. The first-order valence-corrected chi connectivity index (χ1v) is 8.96. The Balaban J connectivity index is 1.68. The summed E-state index contributed by atoms with van der Waals surface area (Å²) >= 11 is 0. The molecule has 1 aliphatic rings. The fourth-order valence-corrected chi connectivity index (χ4v) is 3.21. The SMILES string of the molecule is c1ccc(-c2ccccc2O[C@@H](c2ccccn2)[C@@H]2CNCCO2)cc1. The van der Waals surface area contributed by atoms with Crippen molar-refractivity contribution in [1.29, 1.82) is 0 Å². The van der Waals surface area contributed by atoms with Crippen molar-refractivity contribution in [3.05, 3.63) is 84.7 Å². The van der Waals surface area contributed by atoms with Crippen LogP contribution in [0.15, 0.2) is 79.0 Å². The molecule has 2 heterocycles. The minimum Gasteiger partial charge on any atom is -0.481 e. The molecule has 0 amide bonds. The molecular formula is C22H22N2O2. The molecule has 1 N–H and O–H groups in total. The molecule has 4 nitrogen and oxygen atoms in total. The molecular weight excluding hydrogens is 324 g/mol. The number of hydrogen-bond donors (Lipinski definition) is 1. The number of morpholine rings is 1. The van der Waals surface area contributed by atoms with Gasteiger partial charge in [0.2, 0.25) is 0 Å². The molecule has 26 heavy (non-hydrogen) atoms. The monoisotopic (exact) mass is 346 g/mol. The van der Waals surface area contributed by atoms with E-state index in [1.54, 1.807) is 6.20 Å². The van der Waals surface area contributed by atoms with Gasteiger partial charge in [0.05, 0.1) is 12.3 Å². The second kappa shape index (κ2) is 8.13. The first-order chi connectivity index (χ1) is 12.9. The predicted molar refractivity (Wildman–Crippen MR) is 102 cm³/mol. The summed E-state index contributed by atoms with van der Waals surface area (Å²) in [5.41, 5.74) is 3.08. The topological polar surface area (TPSA) is 43.4 Å². The lowest BCUT2D eigenvalue weighted by atomic mass is 10.0. The van der Waals surface area contributed by atoms with Crippen molar-refractivity contribution < 1.29 is 9.47 Å². The van der Waals surface area contributed by atoms with Gasteiger partial charge in [-0.25, -0.2) is 0 Å². The minimum atomic E-state index is -0.270. The van der Waals surface area contributed by atoms with Gasteiger partial charge in [-0.15, -0.1) is 0 Å². The average Bonchev–Trinajstić information content (AvgIpc) is 2.74. The molecule has 4 heteroatoms. The van der Waals surface area contributed by atoms with Crippen molar-refractivity contribution in [1.82, 2.24) is 10.3 Å². The number of aromatic nitrogens is 1. The Morgan fingerprint density at radius 2 is 1.77 bits per heavy atom. The first-order valence-electron chi connectivity index (χ1n) is 8.96. The maximum absolute atomic E-state index is 6.50. The molecule has 1 aliphatic heterocycles. The summed E-state index contributed by atoms with van der Waals surface area (Å²) in [6.07, 6.45) is 1.45. The summed E-state index contributed by atoms with van der Waals surface area (Å²) in [6.45, 7) is 2.29. The van der Waals surface area contributed by atoms with E-state index in [4.69, 9.17) is 9.47 Å². The van der Waals surface area contributed by atoms with Crippen molar-refractivity contribution >= 4 is 0 Å². The van der Waals surface area contributed by atoms with Gasteiger partial charge in [-0.3, -0.25) is 4.98 Å². The van der Waals surface area contributed by atoms with Gasteiger partial charge in [-0.1, -0.05) is 54.6 Å². The zero-order chi connectivity index (χ0) is 17.6. The zero-order valence-electron chi connectivity index (χ0n) is 14.5. The van der Waals surface area contributed by atoms with Gasteiger partial charge in [-0.05, 0) is 23.8 Å². The van der Waals surface area contributed by atoms with Crippen LogP contribution in [0.4, 0.5) is 0 Å². The first kappa shape index (κ1) is 16.8. The third kappa shape index (κ3) is 3.77. The largest absolute Gasteiger partial charge is 0.481 e. The fourth-order valence-electron chi connectivity index (χ4n) is 3.21. The Morgan fingerprint density at radius 3 is 2.54 bits per heavy atom. The Kier molecular flexibility index (Phi) is 5.24. The number of nitrogens with zero attached hydrogens (tertiary/aromatic N) is 1. The third-order valence-electron chi connectivity index (χ3n) is 4.50. The maximum Gasteiger partial charge on any atom is 0.168 e. The summed E-state index contributed by atoms with van der Waals surface area (Å²) in [6, 6.07) is 24.3. The van der Waals surface area contributed by atoms with Crippen LogP contribution < -0.4 is 10.1 Å². The van der Waals surface area contributed by atoms with Crippen LogP contribution in [0.5, 0.6) is 5.75 Å². The molecule has 1 fully saturated rings. The highest BCUT2D eigenvalue weighted by Crippen LogP contribution is 2.34. The second-order valence-electron chi connectivity index (χ2n) is 6.27. The molecule has 0 aliphatic carbocycles. The second-order valence-corrected chi connectivity index (χ2v) is 6.27. The number of ether oxygens (including phenoxy) is 2. The number of nitrogens with one attached hydrogen (secondary N) is 1. The van der Waals surface area contributed by atoms with E-state index in [-0.39, 0.29) is 12.2 Å². The quantitative estimate of drug-likeness (QED) is 0.762. The normalized spacial score (nSPS) is 18.2. The van der Waals surface area contributed by atoms with Crippen molar-refractivity contribution in [3.8, 4) is 16.9 Å². The molecule has 0 spiro atoms. The minimum absolute atomic E-state index is 0.0810. The van der Waals surface area contributed by atoms with Crippen molar-refractivity contribution in [2.75, 3.05) is 19.7 Å². The van der Waals surface area contributed by atoms with Gasteiger partial charge in [0, 0.05) is 24.8 Å².